The van der Waals surface area contributed by atoms with Crippen LogP contribution in [0.1, 0.15) is 61.6 Å². The van der Waals surface area contributed by atoms with Gasteiger partial charge in [0.2, 0.25) is 0 Å². The lowest BCUT2D eigenvalue weighted by Gasteiger charge is -2.08. The molecular weight excluding hydrogens is 417 g/mol. The van der Waals surface area contributed by atoms with Crippen LogP contribution in [0.4, 0.5) is 0 Å². The third-order valence-corrected chi connectivity index (χ3v) is 6.48. The number of pyridine rings is 1. The topological polar surface area (TPSA) is 70.4 Å². The summed E-state index contributed by atoms with van der Waals surface area (Å²) in [6, 6.07) is 18.8. The lowest BCUT2D eigenvalue weighted by atomic mass is 10.00. The second kappa shape index (κ2) is 12.6. The van der Waals surface area contributed by atoms with Crippen molar-refractivity contribution in [2.24, 2.45) is 0 Å². The maximum absolute atomic E-state index is 11.0. The fraction of sp³-hybridized carbons (Fsp3) is 0.370. The van der Waals surface area contributed by atoms with Crippen LogP contribution in [0.25, 0.3) is 10.9 Å². The molecule has 1 heterocycles. The molecule has 0 saturated heterocycles. The number of hydrogen-bond acceptors (Lipinski definition) is 2. The first kappa shape index (κ1) is 24.2. The Morgan fingerprint density at radius 3 is 2.41 bits per heavy atom. The molecule has 0 spiro atoms. The maximum Gasteiger partial charge on any atom is 0.325 e. The zero-order valence-electron chi connectivity index (χ0n) is 18.5. The second-order valence-corrected chi connectivity index (χ2v) is 10.00. The lowest BCUT2D eigenvalue weighted by molar-refractivity contribution is 0.371. The fourth-order valence-corrected chi connectivity index (χ4v) is 4.51. The van der Waals surface area contributed by atoms with Crippen molar-refractivity contribution in [1.29, 1.82) is 0 Å². The molecule has 1 aromatic heterocycles. The van der Waals surface area contributed by atoms with Crippen molar-refractivity contribution in [3.63, 3.8) is 0 Å². The van der Waals surface area contributed by atoms with Crippen LogP contribution in [-0.4, -0.2) is 20.9 Å². The van der Waals surface area contributed by atoms with Crippen LogP contribution in [-0.2, 0) is 17.4 Å². The standard InChI is InChI=1S/C27H32NO3P/c29-32(30,31)22-11-5-10-17-25-20-19-24(26-18-12-21-28-27(25)26)16-9-3-1-2-6-13-23-14-7-4-8-15-23/h4,7-8,12,14-15,18-21H,1-3,5-6,10-11,13,17,22H2,(H2,29,30,31). The van der Waals surface area contributed by atoms with Gasteiger partial charge in [-0.1, -0.05) is 67.1 Å². The van der Waals surface area contributed by atoms with Crippen molar-refractivity contribution in [2.75, 3.05) is 6.16 Å². The van der Waals surface area contributed by atoms with Gasteiger partial charge in [0.05, 0.1) is 5.52 Å². The molecule has 0 unspecified atom stereocenters. The van der Waals surface area contributed by atoms with Crippen LogP contribution in [0.3, 0.4) is 0 Å². The summed E-state index contributed by atoms with van der Waals surface area (Å²) in [7, 11) is -3.89. The molecule has 2 aromatic carbocycles. The van der Waals surface area contributed by atoms with Gasteiger partial charge in [-0.05, 0) is 61.8 Å². The summed E-state index contributed by atoms with van der Waals surface area (Å²) in [5.74, 6) is 6.67. The molecule has 2 N–H and O–H groups in total. The number of benzene rings is 2. The van der Waals surface area contributed by atoms with Crippen LogP contribution in [0.2, 0.25) is 0 Å². The Bertz CT molecular complexity index is 1100. The monoisotopic (exact) mass is 449 g/mol. The molecule has 0 fully saturated rings. The molecule has 32 heavy (non-hydrogen) atoms. The zero-order chi connectivity index (χ0) is 22.7. The summed E-state index contributed by atoms with van der Waals surface area (Å²) in [5.41, 5.74) is 4.57. The maximum atomic E-state index is 11.0. The summed E-state index contributed by atoms with van der Waals surface area (Å²) in [6.45, 7) is 0. The van der Waals surface area contributed by atoms with E-state index in [0.29, 0.717) is 6.42 Å². The third kappa shape index (κ3) is 8.24. The van der Waals surface area contributed by atoms with Crippen LogP contribution in [0.5, 0.6) is 0 Å². The molecular formula is C27H32NO3P. The van der Waals surface area contributed by atoms with Gasteiger partial charge in [-0.25, -0.2) is 0 Å². The van der Waals surface area contributed by atoms with E-state index in [-0.39, 0.29) is 6.16 Å². The highest BCUT2D eigenvalue weighted by Crippen LogP contribution is 2.35. The van der Waals surface area contributed by atoms with Crippen LogP contribution < -0.4 is 0 Å². The van der Waals surface area contributed by atoms with Gasteiger partial charge in [-0.2, -0.15) is 0 Å². The van der Waals surface area contributed by atoms with E-state index in [4.69, 9.17) is 9.79 Å². The molecule has 5 heteroatoms. The first-order valence-corrected chi connectivity index (χ1v) is 13.3. The van der Waals surface area contributed by atoms with Crippen molar-refractivity contribution >= 4 is 18.5 Å². The molecule has 0 amide bonds. The minimum Gasteiger partial charge on any atom is -0.324 e. The molecule has 0 aliphatic rings. The molecule has 0 aliphatic carbocycles. The first-order valence-electron chi connectivity index (χ1n) is 11.5. The van der Waals surface area contributed by atoms with Gasteiger partial charge in [0.15, 0.2) is 0 Å². The van der Waals surface area contributed by atoms with Crippen LogP contribution in [0.15, 0.2) is 60.8 Å². The first-order chi connectivity index (χ1) is 15.5. The van der Waals surface area contributed by atoms with Crippen molar-refractivity contribution < 1.29 is 14.4 Å². The van der Waals surface area contributed by atoms with Gasteiger partial charge in [0.1, 0.15) is 0 Å². The molecule has 0 radical (unpaired) electrons. The Morgan fingerprint density at radius 1 is 0.812 bits per heavy atom. The van der Waals surface area contributed by atoms with E-state index >= 15 is 0 Å². The van der Waals surface area contributed by atoms with E-state index in [9.17, 15) is 4.57 Å². The number of unbranched alkanes of at least 4 members (excludes halogenated alkanes) is 5. The zero-order valence-corrected chi connectivity index (χ0v) is 19.4. The van der Waals surface area contributed by atoms with Crippen molar-refractivity contribution in [1.82, 2.24) is 4.98 Å². The molecule has 0 saturated carbocycles. The van der Waals surface area contributed by atoms with Gasteiger partial charge >= 0.3 is 7.60 Å². The Balaban J connectivity index is 1.50. The molecule has 4 nitrogen and oxygen atoms in total. The predicted molar refractivity (Wildman–Crippen MR) is 132 cm³/mol. The molecule has 168 valence electrons. The largest absolute Gasteiger partial charge is 0.325 e. The minimum atomic E-state index is -3.89. The highest BCUT2D eigenvalue weighted by atomic mass is 31.2. The summed E-state index contributed by atoms with van der Waals surface area (Å²) in [6.07, 6.45) is 10.4. The lowest BCUT2D eigenvalue weighted by Crippen LogP contribution is -1.94. The quantitative estimate of drug-likeness (QED) is 0.205. The number of rotatable bonds is 11. The molecule has 3 rings (SSSR count). The third-order valence-electron chi connectivity index (χ3n) is 5.58. The Labute approximate surface area is 191 Å². The van der Waals surface area contributed by atoms with Gasteiger partial charge in [-0.3, -0.25) is 9.55 Å². The molecule has 0 bridgehead atoms. The Kier molecular flexibility index (Phi) is 9.50. The van der Waals surface area contributed by atoms with Gasteiger partial charge in [0, 0.05) is 29.7 Å². The van der Waals surface area contributed by atoms with E-state index in [2.05, 4.69) is 65.4 Å². The highest BCUT2D eigenvalue weighted by molar-refractivity contribution is 7.51. The minimum absolute atomic E-state index is 0.0349. The van der Waals surface area contributed by atoms with Gasteiger partial charge < -0.3 is 9.79 Å². The van der Waals surface area contributed by atoms with E-state index in [0.717, 1.165) is 55.0 Å². The van der Waals surface area contributed by atoms with Gasteiger partial charge in [-0.15, -0.1) is 0 Å². The molecule has 3 aromatic rings. The average molecular weight is 450 g/mol. The van der Waals surface area contributed by atoms with E-state index in [1.165, 1.54) is 24.0 Å². The van der Waals surface area contributed by atoms with Crippen molar-refractivity contribution in [2.45, 2.75) is 57.8 Å². The Morgan fingerprint density at radius 2 is 1.59 bits per heavy atom. The smallest absolute Gasteiger partial charge is 0.324 e. The Hall–Kier alpha value is -2.44. The number of aryl methyl sites for hydroxylation is 2. The van der Waals surface area contributed by atoms with E-state index in [1.807, 2.05) is 12.3 Å². The molecule has 0 atom stereocenters. The van der Waals surface area contributed by atoms with Crippen molar-refractivity contribution in [3.8, 4) is 11.8 Å². The van der Waals surface area contributed by atoms with E-state index in [1.54, 1.807) is 0 Å². The van der Waals surface area contributed by atoms with Crippen LogP contribution in [0, 0.1) is 11.8 Å². The second-order valence-electron chi connectivity index (χ2n) is 8.22. The SMILES string of the molecule is O=P(O)(O)CCCCCc1ccc(C#CCCCCCc2ccccc2)c2cccnc12. The average Bonchev–Trinajstić information content (AvgIpc) is 2.79. The number of fused-ring (bicyclic) bond motifs is 1. The van der Waals surface area contributed by atoms with Gasteiger partial charge in [0.25, 0.3) is 0 Å². The highest BCUT2D eigenvalue weighted by Gasteiger charge is 2.11. The number of nitrogens with zero attached hydrogens (tertiary/aromatic N) is 1. The summed E-state index contributed by atoms with van der Waals surface area (Å²) < 4.78 is 11.0. The summed E-state index contributed by atoms with van der Waals surface area (Å²) in [5, 5.41) is 1.08. The van der Waals surface area contributed by atoms with E-state index < -0.39 is 7.60 Å². The number of hydrogen-bond donors (Lipinski definition) is 2. The summed E-state index contributed by atoms with van der Waals surface area (Å²) >= 11 is 0. The predicted octanol–water partition coefficient (Wildman–Crippen LogP) is 6.28. The normalized spacial score (nSPS) is 11.3. The fourth-order valence-electron chi connectivity index (χ4n) is 3.87. The molecule has 0 aliphatic heterocycles. The number of aromatic nitrogens is 1. The summed E-state index contributed by atoms with van der Waals surface area (Å²) in [4.78, 5) is 22.5. The van der Waals surface area contributed by atoms with Crippen molar-refractivity contribution in [3.05, 3.63) is 77.5 Å². The van der Waals surface area contributed by atoms with Crippen LogP contribution >= 0.6 is 7.60 Å².